The van der Waals surface area contributed by atoms with Crippen molar-refractivity contribution in [2.75, 3.05) is 12.0 Å². The second-order valence-electron chi connectivity index (χ2n) is 5.20. The average molecular weight is 298 g/mol. The van der Waals surface area contributed by atoms with Crippen LogP contribution in [0.25, 0.3) is 0 Å². The van der Waals surface area contributed by atoms with Crippen molar-refractivity contribution in [1.29, 1.82) is 0 Å². The molecule has 0 aromatic heterocycles. The molecule has 0 spiro atoms. The Bertz CT molecular complexity index is 653. The molecule has 0 aliphatic carbocycles. The largest absolute Gasteiger partial charge is 0.473 e. The van der Waals surface area contributed by atoms with Gasteiger partial charge in [-0.15, -0.1) is 0 Å². The van der Waals surface area contributed by atoms with E-state index in [0.717, 1.165) is 34.5 Å². The molecule has 0 aliphatic heterocycles. The average Bonchev–Trinajstić information content (AvgIpc) is 2.51. The fourth-order valence-corrected chi connectivity index (χ4v) is 2.15. The Morgan fingerprint density at radius 3 is 2.68 bits per heavy atom. The predicted molar refractivity (Wildman–Crippen MR) is 89.4 cm³/mol. The lowest BCUT2D eigenvalue weighted by Crippen LogP contribution is -2.32. The topological polar surface area (TPSA) is 50.4 Å². The van der Waals surface area contributed by atoms with Crippen LogP contribution in [-0.2, 0) is 6.42 Å². The highest BCUT2D eigenvalue weighted by Crippen LogP contribution is 2.18. The first-order valence-corrected chi connectivity index (χ1v) is 7.43. The van der Waals surface area contributed by atoms with Gasteiger partial charge >= 0.3 is 6.03 Å². The van der Waals surface area contributed by atoms with Crippen molar-refractivity contribution in [3.05, 3.63) is 59.2 Å². The van der Waals surface area contributed by atoms with E-state index in [9.17, 15) is 4.79 Å². The van der Waals surface area contributed by atoms with Crippen molar-refractivity contribution in [1.82, 2.24) is 5.32 Å². The van der Waals surface area contributed by atoms with Crippen molar-refractivity contribution >= 4 is 11.7 Å². The highest BCUT2D eigenvalue weighted by molar-refractivity contribution is 5.90. The molecule has 0 atom stereocenters. The lowest BCUT2D eigenvalue weighted by atomic mass is 10.1. The van der Waals surface area contributed by atoms with Gasteiger partial charge in [-0.05, 0) is 49.1 Å². The summed E-state index contributed by atoms with van der Waals surface area (Å²) >= 11 is 0. The molecule has 2 aromatic carbocycles. The number of hydrogen-bond donors (Lipinski definition) is 2. The van der Waals surface area contributed by atoms with E-state index in [2.05, 4.69) is 17.6 Å². The maximum Gasteiger partial charge on any atom is 0.321 e. The Morgan fingerprint density at radius 1 is 1.14 bits per heavy atom. The van der Waals surface area contributed by atoms with Crippen LogP contribution in [-0.4, -0.2) is 12.8 Å². The number of urea groups is 1. The Balaban J connectivity index is 1.87. The molecular weight excluding hydrogens is 276 g/mol. The molecule has 0 saturated carbocycles. The zero-order chi connectivity index (χ0) is 15.9. The van der Waals surface area contributed by atoms with E-state index in [1.807, 2.05) is 56.3 Å². The van der Waals surface area contributed by atoms with E-state index in [0.29, 0.717) is 0 Å². The second kappa shape index (κ2) is 7.50. The van der Waals surface area contributed by atoms with Gasteiger partial charge in [0.2, 0.25) is 0 Å². The van der Waals surface area contributed by atoms with Crippen LogP contribution in [0.2, 0.25) is 0 Å². The molecule has 0 saturated heterocycles. The number of hydrogen-bond acceptors (Lipinski definition) is 2. The molecule has 0 fully saturated rings. The predicted octanol–water partition coefficient (Wildman–Crippen LogP) is 4.02. The lowest BCUT2D eigenvalue weighted by molar-refractivity contribution is 0.234. The first-order chi connectivity index (χ1) is 10.6. The SMILES string of the molecule is CCc1ccccc1OCNC(=O)Nc1cc(C)ccc1C. The summed E-state index contributed by atoms with van der Waals surface area (Å²) in [5.74, 6) is 0.803. The van der Waals surface area contributed by atoms with Gasteiger partial charge in [-0.25, -0.2) is 4.79 Å². The molecule has 116 valence electrons. The van der Waals surface area contributed by atoms with Gasteiger partial charge in [-0.1, -0.05) is 37.3 Å². The second-order valence-corrected chi connectivity index (χ2v) is 5.20. The van der Waals surface area contributed by atoms with Gasteiger partial charge < -0.3 is 15.4 Å². The third-order valence-electron chi connectivity index (χ3n) is 3.46. The number of amides is 2. The first kappa shape index (κ1) is 15.9. The van der Waals surface area contributed by atoms with E-state index < -0.39 is 0 Å². The zero-order valence-electron chi connectivity index (χ0n) is 13.3. The van der Waals surface area contributed by atoms with Crippen LogP contribution in [0.3, 0.4) is 0 Å². The number of ether oxygens (including phenoxy) is 1. The van der Waals surface area contributed by atoms with E-state index >= 15 is 0 Å². The summed E-state index contributed by atoms with van der Waals surface area (Å²) in [6.45, 7) is 6.16. The molecular formula is C18H22N2O2. The third kappa shape index (κ3) is 4.25. The van der Waals surface area contributed by atoms with Crippen molar-refractivity contribution in [2.24, 2.45) is 0 Å². The third-order valence-corrected chi connectivity index (χ3v) is 3.46. The standard InChI is InChI=1S/C18H22N2O2/c1-4-15-7-5-6-8-17(15)22-12-19-18(21)20-16-11-13(2)9-10-14(16)3/h5-11H,4,12H2,1-3H3,(H2,19,20,21). The van der Waals surface area contributed by atoms with E-state index in [-0.39, 0.29) is 12.8 Å². The highest BCUT2D eigenvalue weighted by Gasteiger charge is 2.05. The Kier molecular flexibility index (Phi) is 5.42. The number of carbonyl (C=O) groups is 1. The van der Waals surface area contributed by atoms with Crippen LogP contribution in [0.1, 0.15) is 23.6 Å². The smallest absolute Gasteiger partial charge is 0.321 e. The summed E-state index contributed by atoms with van der Waals surface area (Å²) in [5, 5.41) is 5.54. The molecule has 4 nitrogen and oxygen atoms in total. The van der Waals surface area contributed by atoms with Crippen LogP contribution in [0.4, 0.5) is 10.5 Å². The lowest BCUT2D eigenvalue weighted by Gasteiger charge is -2.13. The number of benzene rings is 2. The first-order valence-electron chi connectivity index (χ1n) is 7.43. The molecule has 2 N–H and O–H groups in total. The maximum atomic E-state index is 11.9. The fourth-order valence-electron chi connectivity index (χ4n) is 2.15. The summed E-state index contributed by atoms with van der Waals surface area (Å²) in [6.07, 6.45) is 0.894. The van der Waals surface area contributed by atoms with Gasteiger partial charge in [-0.2, -0.15) is 0 Å². The summed E-state index contributed by atoms with van der Waals surface area (Å²) in [4.78, 5) is 11.9. The quantitative estimate of drug-likeness (QED) is 0.819. The van der Waals surface area contributed by atoms with Gasteiger partial charge in [0.1, 0.15) is 5.75 Å². The number of aryl methyl sites for hydroxylation is 3. The molecule has 0 heterocycles. The molecule has 0 aliphatic rings. The molecule has 0 bridgehead atoms. The van der Waals surface area contributed by atoms with Gasteiger partial charge in [-0.3, -0.25) is 0 Å². The molecule has 0 radical (unpaired) electrons. The van der Waals surface area contributed by atoms with Crippen LogP contribution < -0.4 is 15.4 Å². The van der Waals surface area contributed by atoms with Crippen molar-refractivity contribution in [2.45, 2.75) is 27.2 Å². The number of anilines is 1. The van der Waals surface area contributed by atoms with E-state index in [4.69, 9.17) is 4.74 Å². The number of carbonyl (C=O) groups excluding carboxylic acids is 1. The maximum absolute atomic E-state index is 11.9. The van der Waals surface area contributed by atoms with Crippen LogP contribution in [0, 0.1) is 13.8 Å². The minimum Gasteiger partial charge on any atom is -0.473 e. The van der Waals surface area contributed by atoms with Gasteiger partial charge in [0.25, 0.3) is 0 Å². The normalized spacial score (nSPS) is 10.1. The molecule has 2 rings (SSSR count). The monoisotopic (exact) mass is 298 g/mol. The van der Waals surface area contributed by atoms with Crippen molar-refractivity contribution < 1.29 is 9.53 Å². The van der Waals surface area contributed by atoms with Gasteiger partial charge in [0.05, 0.1) is 0 Å². The molecule has 2 amide bonds. The summed E-state index contributed by atoms with van der Waals surface area (Å²) in [7, 11) is 0. The Morgan fingerprint density at radius 2 is 1.91 bits per heavy atom. The van der Waals surface area contributed by atoms with Gasteiger partial charge in [0, 0.05) is 5.69 Å². The zero-order valence-corrected chi connectivity index (χ0v) is 13.3. The van der Waals surface area contributed by atoms with E-state index in [1.165, 1.54) is 0 Å². The van der Waals surface area contributed by atoms with Crippen LogP contribution in [0.5, 0.6) is 5.75 Å². The Hall–Kier alpha value is -2.49. The number of rotatable bonds is 5. The molecule has 4 heteroatoms. The van der Waals surface area contributed by atoms with Crippen molar-refractivity contribution in [3.63, 3.8) is 0 Å². The number of para-hydroxylation sites is 1. The Labute approximate surface area is 131 Å². The molecule has 2 aromatic rings. The minimum absolute atomic E-state index is 0.133. The molecule has 0 unspecified atom stereocenters. The van der Waals surface area contributed by atoms with Gasteiger partial charge in [0.15, 0.2) is 6.73 Å². The summed E-state index contributed by atoms with van der Waals surface area (Å²) in [6, 6.07) is 13.5. The fraction of sp³-hybridized carbons (Fsp3) is 0.278. The summed E-state index contributed by atoms with van der Waals surface area (Å²) < 4.78 is 5.62. The van der Waals surface area contributed by atoms with Crippen LogP contribution >= 0.6 is 0 Å². The van der Waals surface area contributed by atoms with Crippen molar-refractivity contribution in [3.8, 4) is 5.75 Å². The highest BCUT2D eigenvalue weighted by atomic mass is 16.5. The number of nitrogens with one attached hydrogen (secondary N) is 2. The van der Waals surface area contributed by atoms with E-state index in [1.54, 1.807) is 0 Å². The summed E-state index contributed by atoms with van der Waals surface area (Å²) in [5.41, 5.74) is 4.07. The van der Waals surface area contributed by atoms with Crippen LogP contribution in [0.15, 0.2) is 42.5 Å². The molecule has 22 heavy (non-hydrogen) atoms. The minimum atomic E-state index is -0.275.